The van der Waals surface area contributed by atoms with Crippen LogP contribution in [0.1, 0.15) is 22.9 Å². The first-order valence-corrected chi connectivity index (χ1v) is 9.21. The van der Waals surface area contributed by atoms with Gasteiger partial charge in [0.2, 0.25) is 11.8 Å². The van der Waals surface area contributed by atoms with Gasteiger partial charge in [0.1, 0.15) is 17.0 Å². The number of anilines is 1. The largest absolute Gasteiger partial charge is 0.326 e. The summed E-state index contributed by atoms with van der Waals surface area (Å²) in [4.78, 5) is 25.7. The second-order valence-corrected chi connectivity index (χ2v) is 7.15. The SMILES string of the molecule is Cc1ccc(NC(=O)CCN2C(=O)CSC2c2ccc(F)cc2F)cc1. The number of carbonyl (C=O) groups excluding carboxylic acids is 2. The Labute approximate surface area is 154 Å². The van der Waals surface area contributed by atoms with Gasteiger partial charge in [-0.05, 0) is 25.1 Å². The van der Waals surface area contributed by atoms with Crippen molar-refractivity contribution in [2.24, 2.45) is 0 Å². The van der Waals surface area contributed by atoms with Gasteiger partial charge >= 0.3 is 0 Å². The minimum absolute atomic E-state index is 0.0967. The topological polar surface area (TPSA) is 49.4 Å². The van der Waals surface area contributed by atoms with Gasteiger partial charge in [0.05, 0.1) is 5.75 Å². The lowest BCUT2D eigenvalue weighted by molar-refractivity contribution is -0.128. The second-order valence-electron chi connectivity index (χ2n) is 6.08. The number of nitrogens with one attached hydrogen (secondary N) is 1. The van der Waals surface area contributed by atoms with E-state index in [9.17, 15) is 18.4 Å². The third-order valence-corrected chi connectivity index (χ3v) is 5.35. The number of hydrogen-bond donors (Lipinski definition) is 1. The maximum Gasteiger partial charge on any atom is 0.233 e. The zero-order valence-corrected chi connectivity index (χ0v) is 15.0. The van der Waals surface area contributed by atoms with E-state index in [2.05, 4.69) is 5.32 Å². The van der Waals surface area contributed by atoms with Crippen molar-refractivity contribution in [3.63, 3.8) is 0 Å². The molecule has 1 atom stereocenters. The number of carbonyl (C=O) groups is 2. The zero-order chi connectivity index (χ0) is 18.7. The number of hydrogen-bond acceptors (Lipinski definition) is 3. The number of rotatable bonds is 5. The maximum absolute atomic E-state index is 14.1. The highest BCUT2D eigenvalue weighted by Crippen LogP contribution is 2.39. The van der Waals surface area contributed by atoms with Crippen LogP contribution in [0.4, 0.5) is 14.5 Å². The molecule has 26 heavy (non-hydrogen) atoms. The average Bonchev–Trinajstić information content (AvgIpc) is 2.96. The first-order valence-electron chi connectivity index (χ1n) is 8.16. The fourth-order valence-electron chi connectivity index (χ4n) is 2.74. The van der Waals surface area contributed by atoms with E-state index in [-0.39, 0.29) is 36.1 Å². The Hall–Kier alpha value is -2.41. The van der Waals surface area contributed by atoms with E-state index in [1.165, 1.54) is 28.8 Å². The summed E-state index contributed by atoms with van der Waals surface area (Å²) in [5, 5.41) is 2.23. The molecule has 3 rings (SSSR count). The van der Waals surface area contributed by atoms with Crippen molar-refractivity contribution in [2.45, 2.75) is 18.7 Å². The Morgan fingerprint density at radius 2 is 1.96 bits per heavy atom. The first-order chi connectivity index (χ1) is 12.4. The molecule has 2 aromatic rings. The zero-order valence-electron chi connectivity index (χ0n) is 14.2. The molecule has 0 spiro atoms. The third-order valence-electron chi connectivity index (χ3n) is 4.11. The molecule has 136 valence electrons. The van der Waals surface area contributed by atoms with E-state index in [0.717, 1.165) is 11.6 Å². The van der Waals surface area contributed by atoms with Gasteiger partial charge < -0.3 is 10.2 Å². The molecule has 1 fully saturated rings. The lowest BCUT2D eigenvalue weighted by Crippen LogP contribution is -2.32. The van der Waals surface area contributed by atoms with Crippen LogP contribution in [0.15, 0.2) is 42.5 Å². The van der Waals surface area contributed by atoms with Gasteiger partial charge in [0.15, 0.2) is 0 Å². The first kappa shape index (κ1) is 18.4. The highest BCUT2D eigenvalue weighted by molar-refractivity contribution is 8.00. The molecular weight excluding hydrogens is 358 g/mol. The number of aryl methyl sites for hydroxylation is 1. The molecule has 0 bridgehead atoms. The Balaban J connectivity index is 1.64. The predicted molar refractivity (Wildman–Crippen MR) is 97.7 cm³/mol. The summed E-state index contributed by atoms with van der Waals surface area (Å²) in [6.45, 7) is 2.13. The highest BCUT2D eigenvalue weighted by Gasteiger charge is 2.34. The van der Waals surface area contributed by atoms with Crippen LogP contribution in [0.25, 0.3) is 0 Å². The summed E-state index contributed by atoms with van der Waals surface area (Å²) in [7, 11) is 0. The second kappa shape index (κ2) is 7.86. The van der Waals surface area contributed by atoms with E-state index in [0.29, 0.717) is 5.69 Å². The lowest BCUT2D eigenvalue weighted by Gasteiger charge is -2.24. The summed E-state index contributed by atoms with van der Waals surface area (Å²) >= 11 is 1.27. The molecule has 1 saturated heterocycles. The standard InChI is InChI=1S/C19H18F2N2O2S/c1-12-2-5-14(6-3-12)22-17(24)8-9-23-18(25)11-26-19(23)15-7-4-13(20)10-16(15)21/h2-7,10,19H,8-9,11H2,1H3,(H,22,24). The summed E-state index contributed by atoms with van der Waals surface area (Å²) < 4.78 is 27.2. The number of nitrogens with zero attached hydrogens (tertiary/aromatic N) is 1. The molecule has 1 heterocycles. The molecule has 0 radical (unpaired) electrons. The fraction of sp³-hybridized carbons (Fsp3) is 0.263. The normalized spacial score (nSPS) is 16.8. The monoisotopic (exact) mass is 376 g/mol. The van der Waals surface area contributed by atoms with Crippen molar-refractivity contribution in [3.8, 4) is 0 Å². The van der Waals surface area contributed by atoms with Gasteiger partial charge in [-0.3, -0.25) is 9.59 Å². The molecule has 0 aliphatic carbocycles. The van der Waals surface area contributed by atoms with Gasteiger partial charge in [-0.1, -0.05) is 23.8 Å². The summed E-state index contributed by atoms with van der Waals surface area (Å²) in [5.41, 5.74) is 2.02. The number of benzene rings is 2. The maximum atomic E-state index is 14.1. The smallest absolute Gasteiger partial charge is 0.233 e. The Bertz CT molecular complexity index is 827. The Morgan fingerprint density at radius 1 is 1.23 bits per heavy atom. The molecule has 4 nitrogen and oxygen atoms in total. The highest BCUT2D eigenvalue weighted by atomic mass is 32.2. The van der Waals surface area contributed by atoms with Gasteiger partial charge in [0, 0.05) is 30.3 Å². The van der Waals surface area contributed by atoms with E-state index >= 15 is 0 Å². The molecule has 2 aromatic carbocycles. The lowest BCUT2D eigenvalue weighted by atomic mass is 10.2. The van der Waals surface area contributed by atoms with Crippen LogP contribution in [0.5, 0.6) is 0 Å². The molecular formula is C19H18F2N2O2S. The molecule has 1 N–H and O–H groups in total. The van der Waals surface area contributed by atoms with Crippen molar-refractivity contribution >= 4 is 29.3 Å². The van der Waals surface area contributed by atoms with Gasteiger partial charge in [0.25, 0.3) is 0 Å². The van der Waals surface area contributed by atoms with Crippen LogP contribution in [0, 0.1) is 18.6 Å². The Kier molecular flexibility index (Phi) is 5.56. The van der Waals surface area contributed by atoms with E-state index in [1.807, 2.05) is 19.1 Å². The summed E-state index contributed by atoms with van der Waals surface area (Å²) in [5.74, 6) is -1.53. The predicted octanol–water partition coefficient (Wildman–Crippen LogP) is 3.88. The number of halogens is 2. The molecule has 1 aliphatic rings. The van der Waals surface area contributed by atoms with Crippen molar-refractivity contribution in [1.29, 1.82) is 0 Å². The van der Waals surface area contributed by atoms with Crippen molar-refractivity contribution in [2.75, 3.05) is 17.6 Å². The van der Waals surface area contributed by atoms with Crippen molar-refractivity contribution in [1.82, 2.24) is 4.90 Å². The Morgan fingerprint density at radius 3 is 2.65 bits per heavy atom. The van der Waals surface area contributed by atoms with Crippen LogP contribution in [-0.4, -0.2) is 29.0 Å². The summed E-state index contributed by atoms with van der Waals surface area (Å²) in [6, 6.07) is 10.7. The molecule has 2 amide bonds. The van der Waals surface area contributed by atoms with Crippen LogP contribution < -0.4 is 5.32 Å². The summed E-state index contributed by atoms with van der Waals surface area (Å²) in [6.07, 6.45) is 0.0967. The average molecular weight is 376 g/mol. The quantitative estimate of drug-likeness (QED) is 0.862. The van der Waals surface area contributed by atoms with Gasteiger partial charge in [-0.25, -0.2) is 8.78 Å². The van der Waals surface area contributed by atoms with Gasteiger partial charge in [-0.2, -0.15) is 0 Å². The number of thioether (sulfide) groups is 1. The minimum Gasteiger partial charge on any atom is -0.326 e. The molecule has 7 heteroatoms. The van der Waals surface area contributed by atoms with Crippen LogP contribution in [0.2, 0.25) is 0 Å². The van der Waals surface area contributed by atoms with Crippen molar-refractivity contribution < 1.29 is 18.4 Å². The van der Waals surface area contributed by atoms with Crippen LogP contribution in [0.3, 0.4) is 0 Å². The molecule has 1 unspecified atom stereocenters. The van der Waals surface area contributed by atoms with E-state index in [1.54, 1.807) is 12.1 Å². The minimum atomic E-state index is -0.689. The van der Waals surface area contributed by atoms with E-state index in [4.69, 9.17) is 0 Å². The van der Waals surface area contributed by atoms with Gasteiger partial charge in [-0.15, -0.1) is 11.8 Å². The van der Waals surface area contributed by atoms with Crippen molar-refractivity contribution in [3.05, 3.63) is 65.2 Å². The van der Waals surface area contributed by atoms with Crippen LogP contribution in [-0.2, 0) is 9.59 Å². The van der Waals surface area contributed by atoms with E-state index < -0.39 is 17.0 Å². The molecule has 0 aromatic heterocycles. The fourth-order valence-corrected chi connectivity index (χ4v) is 3.98. The third kappa shape index (κ3) is 4.22. The van der Waals surface area contributed by atoms with Crippen LogP contribution >= 0.6 is 11.8 Å². The number of amides is 2. The molecule has 0 saturated carbocycles. The molecule has 1 aliphatic heterocycles.